The lowest BCUT2D eigenvalue weighted by molar-refractivity contribution is 0.161. The van der Waals surface area contributed by atoms with Crippen LogP contribution in [0, 0.1) is 6.92 Å². The molecule has 0 bridgehead atoms. The van der Waals surface area contributed by atoms with E-state index in [4.69, 9.17) is 19.8 Å². The van der Waals surface area contributed by atoms with Gasteiger partial charge in [0.2, 0.25) is 10.0 Å². The van der Waals surface area contributed by atoms with Gasteiger partial charge in [0.1, 0.15) is 0 Å². The van der Waals surface area contributed by atoms with Crippen LogP contribution in [0.3, 0.4) is 0 Å². The first-order valence-electron chi connectivity index (χ1n) is 12.7. The van der Waals surface area contributed by atoms with Gasteiger partial charge in [-0.05, 0) is 37.1 Å². The Bertz CT molecular complexity index is 1620. The van der Waals surface area contributed by atoms with Crippen LogP contribution in [-0.4, -0.2) is 83.0 Å². The molecule has 2 aliphatic heterocycles. The van der Waals surface area contributed by atoms with Gasteiger partial charge in [-0.1, -0.05) is 29.8 Å². The average molecular weight is 551 g/mol. The minimum Gasteiger partial charge on any atom is -0.377 e. The van der Waals surface area contributed by atoms with Gasteiger partial charge < -0.3 is 4.74 Å². The van der Waals surface area contributed by atoms with Crippen molar-refractivity contribution in [3.63, 3.8) is 0 Å². The Morgan fingerprint density at radius 2 is 1.92 bits per heavy atom. The van der Waals surface area contributed by atoms with Gasteiger partial charge in [0.15, 0.2) is 0 Å². The van der Waals surface area contributed by atoms with E-state index < -0.39 is 10.0 Å². The van der Waals surface area contributed by atoms with Crippen molar-refractivity contribution >= 4 is 37.1 Å². The highest BCUT2D eigenvalue weighted by atomic mass is 32.2. The van der Waals surface area contributed by atoms with E-state index in [1.54, 1.807) is 20.3 Å². The van der Waals surface area contributed by atoms with Crippen molar-refractivity contribution in [3.05, 3.63) is 64.8 Å². The van der Waals surface area contributed by atoms with E-state index in [0.29, 0.717) is 45.3 Å². The first kappa shape index (κ1) is 25.3. The summed E-state index contributed by atoms with van der Waals surface area (Å²) in [5, 5.41) is 4.80. The number of rotatable bonds is 6. The van der Waals surface area contributed by atoms with Crippen LogP contribution >= 0.6 is 11.3 Å². The molecule has 0 amide bonds. The fraction of sp³-hybridized carbons (Fsp3) is 0.370. The summed E-state index contributed by atoms with van der Waals surface area (Å²) in [4.78, 5) is 13.4. The summed E-state index contributed by atoms with van der Waals surface area (Å²) in [5.41, 5.74) is 6.14. The zero-order valence-electron chi connectivity index (χ0n) is 21.5. The maximum absolute atomic E-state index is 11.9. The van der Waals surface area contributed by atoms with Crippen molar-refractivity contribution in [3.8, 4) is 17.2 Å². The number of nitrogens with zero attached hydrogens (tertiary/aromatic N) is 6. The molecule has 0 radical (unpaired) electrons. The van der Waals surface area contributed by atoms with Crippen molar-refractivity contribution in [2.24, 2.45) is 0 Å². The van der Waals surface area contributed by atoms with Crippen LogP contribution < -0.4 is 0 Å². The molecule has 0 aliphatic carbocycles. The maximum Gasteiger partial charge on any atom is 0.251 e. The van der Waals surface area contributed by atoms with E-state index in [0.717, 1.165) is 40.1 Å². The topological polar surface area (TPSA) is 93.5 Å². The molecular formula is C27H30N6O3S2. The van der Waals surface area contributed by atoms with Gasteiger partial charge in [0, 0.05) is 49.4 Å². The average Bonchev–Trinajstić information content (AvgIpc) is 3.56. The minimum absolute atomic E-state index is 0.522. The molecule has 9 nitrogen and oxygen atoms in total. The number of benzene rings is 1. The molecule has 3 aromatic heterocycles. The fourth-order valence-corrected chi connectivity index (χ4v) is 6.93. The van der Waals surface area contributed by atoms with Crippen LogP contribution in [-0.2, 0) is 21.3 Å². The summed E-state index contributed by atoms with van der Waals surface area (Å²) in [6.45, 7) is 6.56. The Kier molecular flexibility index (Phi) is 6.87. The maximum atomic E-state index is 11.9. The molecule has 0 atom stereocenters. The number of ether oxygens (including phenoxy) is 1. The lowest BCUT2D eigenvalue weighted by Crippen LogP contribution is -2.47. The third-order valence-electron chi connectivity index (χ3n) is 6.97. The van der Waals surface area contributed by atoms with Gasteiger partial charge in [0.25, 0.3) is 5.95 Å². The first-order valence-corrected chi connectivity index (χ1v) is 15.4. The number of fused-ring (bicyclic) bond motifs is 1. The Hall–Kier alpha value is -2.96. The van der Waals surface area contributed by atoms with Crippen molar-refractivity contribution in [2.75, 3.05) is 45.6 Å². The number of sulfonamides is 1. The zero-order chi connectivity index (χ0) is 26.3. The lowest BCUT2D eigenvalue weighted by atomic mass is 10.1. The van der Waals surface area contributed by atoms with Crippen molar-refractivity contribution in [2.45, 2.75) is 19.9 Å². The van der Waals surface area contributed by atoms with E-state index in [1.807, 2.05) is 18.3 Å². The highest BCUT2D eigenvalue weighted by Crippen LogP contribution is 2.34. The third-order valence-corrected chi connectivity index (χ3v) is 9.38. The quantitative estimate of drug-likeness (QED) is 0.361. The van der Waals surface area contributed by atoms with E-state index >= 15 is 0 Å². The summed E-state index contributed by atoms with van der Waals surface area (Å²) in [7, 11) is -3.14. The molecule has 0 unspecified atom stereocenters. The van der Waals surface area contributed by atoms with Crippen molar-refractivity contribution in [1.82, 2.24) is 29.0 Å². The van der Waals surface area contributed by atoms with Gasteiger partial charge in [-0.25, -0.2) is 23.1 Å². The Morgan fingerprint density at radius 3 is 2.66 bits per heavy atom. The number of piperazine rings is 1. The third kappa shape index (κ3) is 5.29. The Balaban J connectivity index is 1.33. The molecule has 11 heteroatoms. The molecule has 38 heavy (non-hydrogen) atoms. The van der Waals surface area contributed by atoms with E-state index in [1.165, 1.54) is 22.3 Å². The summed E-state index contributed by atoms with van der Waals surface area (Å²) in [6, 6.07) is 12.4. The number of hydrogen-bond donors (Lipinski definition) is 0. The van der Waals surface area contributed by atoms with Crippen molar-refractivity contribution < 1.29 is 13.2 Å². The Labute approximate surface area is 226 Å². The number of aromatic nitrogens is 4. The van der Waals surface area contributed by atoms with Crippen molar-refractivity contribution in [1.29, 1.82) is 0 Å². The molecule has 0 N–H and O–H groups in total. The van der Waals surface area contributed by atoms with Crippen LogP contribution in [0.25, 0.3) is 33.0 Å². The van der Waals surface area contributed by atoms with E-state index in [-0.39, 0.29) is 0 Å². The molecule has 198 valence electrons. The summed E-state index contributed by atoms with van der Waals surface area (Å²) in [5.74, 6) is 0.546. The minimum atomic E-state index is -3.14. The van der Waals surface area contributed by atoms with Crippen LogP contribution in [0.1, 0.15) is 22.6 Å². The van der Waals surface area contributed by atoms with Crippen LogP contribution in [0.4, 0.5) is 0 Å². The summed E-state index contributed by atoms with van der Waals surface area (Å²) < 4.78 is 33.7. The molecule has 1 saturated heterocycles. The van der Waals surface area contributed by atoms with Crippen LogP contribution in [0.2, 0.25) is 0 Å². The van der Waals surface area contributed by atoms with E-state index in [9.17, 15) is 8.42 Å². The smallest absolute Gasteiger partial charge is 0.251 e. The molecule has 6 rings (SSSR count). The summed E-state index contributed by atoms with van der Waals surface area (Å²) >= 11 is 1.72. The van der Waals surface area contributed by atoms with Crippen LogP contribution in [0.15, 0.2) is 48.7 Å². The number of aryl methyl sites for hydroxylation is 1. The van der Waals surface area contributed by atoms with E-state index in [2.05, 4.69) is 42.2 Å². The molecule has 1 fully saturated rings. The highest BCUT2D eigenvalue weighted by molar-refractivity contribution is 7.88. The van der Waals surface area contributed by atoms with Gasteiger partial charge in [-0.3, -0.25) is 4.90 Å². The fourth-order valence-electron chi connectivity index (χ4n) is 4.94. The predicted molar refractivity (Wildman–Crippen MR) is 150 cm³/mol. The highest BCUT2D eigenvalue weighted by Gasteiger charge is 2.24. The number of thiophene rings is 1. The summed E-state index contributed by atoms with van der Waals surface area (Å²) in [6.07, 6.45) is 6.11. The molecule has 2 aliphatic rings. The zero-order valence-corrected chi connectivity index (χ0v) is 23.1. The normalized spacial score (nSPS) is 17.7. The second-order valence-electron chi connectivity index (χ2n) is 9.81. The lowest BCUT2D eigenvalue weighted by Gasteiger charge is -2.32. The first-order chi connectivity index (χ1) is 18.3. The standard InChI is InChI=1S/C27H30N6O3S2/c1-19-4-3-5-21(16-19)23-6-9-33(30-23)27-28-24-17-22(18-31-10-12-32(13-11-31)38(2,34)35)37-26(24)25(29-27)20-7-14-36-15-8-20/h3-7,9,16-17H,8,10-15,18H2,1-2H3. The molecule has 0 saturated carbocycles. The Morgan fingerprint density at radius 1 is 1.08 bits per heavy atom. The van der Waals surface area contributed by atoms with Gasteiger partial charge in [-0.15, -0.1) is 11.3 Å². The molecule has 4 aromatic rings. The second kappa shape index (κ2) is 10.3. The monoisotopic (exact) mass is 550 g/mol. The molecular weight excluding hydrogens is 520 g/mol. The molecule has 0 spiro atoms. The molecule has 1 aromatic carbocycles. The van der Waals surface area contributed by atoms with Gasteiger partial charge in [-0.2, -0.15) is 9.40 Å². The van der Waals surface area contributed by atoms with Gasteiger partial charge >= 0.3 is 0 Å². The largest absolute Gasteiger partial charge is 0.377 e. The number of hydrogen-bond acceptors (Lipinski definition) is 8. The SMILES string of the molecule is Cc1cccc(-c2ccn(-c3nc(C4=CCOCC4)c4sc(CN5CCN(S(C)(=O)=O)CC5)cc4n3)n2)c1. The second-order valence-corrected chi connectivity index (χ2v) is 12.9. The van der Waals surface area contributed by atoms with Gasteiger partial charge in [0.05, 0.1) is 41.1 Å². The van der Waals surface area contributed by atoms with Crippen LogP contribution in [0.5, 0.6) is 0 Å². The predicted octanol–water partition coefficient (Wildman–Crippen LogP) is 3.73. The molecule has 5 heterocycles.